The molecule has 1 aliphatic rings. The van der Waals surface area contributed by atoms with Gasteiger partial charge in [-0.3, -0.25) is 4.90 Å². The summed E-state index contributed by atoms with van der Waals surface area (Å²) in [6, 6.07) is 10.4. The lowest BCUT2D eigenvalue weighted by Gasteiger charge is -2.24. The van der Waals surface area contributed by atoms with Crippen LogP contribution in [0.25, 0.3) is 0 Å². The van der Waals surface area contributed by atoms with Gasteiger partial charge in [-0.25, -0.2) is 0 Å². The van der Waals surface area contributed by atoms with Crippen LogP contribution in [0.3, 0.4) is 0 Å². The van der Waals surface area contributed by atoms with Gasteiger partial charge in [0.2, 0.25) is 0 Å². The second-order valence-electron chi connectivity index (χ2n) is 6.74. The number of rotatable bonds is 4. The van der Waals surface area contributed by atoms with Gasteiger partial charge in [0.15, 0.2) is 0 Å². The van der Waals surface area contributed by atoms with E-state index in [1.54, 1.807) is 6.20 Å². The number of hydrogen-bond acceptors (Lipinski definition) is 5. The largest absolute Gasteiger partial charge is 0.382 e. The van der Waals surface area contributed by atoms with Crippen LogP contribution in [0.15, 0.2) is 30.5 Å². The summed E-state index contributed by atoms with van der Waals surface area (Å²) in [5, 5.41) is 30.5. The molecular weight excluding hydrogens is 290 g/mol. The predicted octanol–water partition coefficient (Wildman–Crippen LogP) is 1.70. The number of H-pyrrole nitrogens is 1. The first kappa shape index (κ1) is 15.7. The maximum atomic E-state index is 10.8. The van der Waals surface area contributed by atoms with E-state index in [1.807, 2.05) is 32.0 Å². The lowest BCUT2D eigenvalue weighted by Crippen LogP contribution is -2.31. The molecule has 0 bridgehead atoms. The van der Waals surface area contributed by atoms with Crippen molar-refractivity contribution in [2.24, 2.45) is 0 Å². The zero-order chi connectivity index (χ0) is 16.5. The van der Waals surface area contributed by atoms with Gasteiger partial charge in [-0.2, -0.15) is 20.7 Å². The Morgan fingerprint density at radius 1 is 1.43 bits per heavy atom. The fraction of sp³-hybridized carbons (Fsp3) is 0.471. The molecule has 0 saturated carbocycles. The van der Waals surface area contributed by atoms with Gasteiger partial charge in [0.05, 0.1) is 17.7 Å². The number of nitrogens with one attached hydrogen (secondary N) is 1. The summed E-state index contributed by atoms with van der Waals surface area (Å²) < 4.78 is 0. The van der Waals surface area contributed by atoms with Gasteiger partial charge in [0, 0.05) is 19.6 Å². The minimum atomic E-state index is -0.952. The van der Waals surface area contributed by atoms with Gasteiger partial charge in [-0.1, -0.05) is 24.3 Å². The highest BCUT2D eigenvalue weighted by molar-refractivity contribution is 5.37. The fourth-order valence-corrected chi connectivity index (χ4v) is 3.21. The van der Waals surface area contributed by atoms with Crippen LogP contribution in [0, 0.1) is 11.3 Å². The number of aliphatic hydroxyl groups is 1. The molecule has 2 N–H and O–H groups in total. The lowest BCUT2D eigenvalue weighted by atomic mass is 9.83. The highest BCUT2D eigenvalue weighted by Gasteiger charge is 2.40. The van der Waals surface area contributed by atoms with Crippen molar-refractivity contribution in [2.45, 2.75) is 37.8 Å². The van der Waals surface area contributed by atoms with Crippen molar-refractivity contribution in [1.82, 2.24) is 20.3 Å². The molecule has 23 heavy (non-hydrogen) atoms. The molecule has 1 aromatic carbocycles. The Labute approximate surface area is 135 Å². The molecule has 0 aliphatic carbocycles. The number of nitriles is 1. The number of likely N-dealkylation sites (tertiary alicyclic amines) is 1. The summed E-state index contributed by atoms with van der Waals surface area (Å²) in [6.07, 6.45) is 2.21. The summed E-state index contributed by atoms with van der Waals surface area (Å²) in [7, 11) is 0. The second kappa shape index (κ2) is 5.76. The van der Waals surface area contributed by atoms with Crippen molar-refractivity contribution in [3.05, 3.63) is 47.3 Å². The monoisotopic (exact) mass is 311 g/mol. The molecule has 6 nitrogen and oxygen atoms in total. The fourth-order valence-electron chi connectivity index (χ4n) is 3.21. The molecule has 0 unspecified atom stereocenters. The van der Waals surface area contributed by atoms with Gasteiger partial charge < -0.3 is 5.11 Å². The standard InChI is InChI=1S/C17H21N5O/c1-16(2,11-18)14-6-4-3-5-13(14)10-22-8-7-17(23,12-22)15-9-19-21-20-15/h3-6,9,23H,7-8,10,12H2,1-2H3,(H,19,20,21)/t17-/m0/s1. The van der Waals surface area contributed by atoms with Crippen LogP contribution in [-0.2, 0) is 17.6 Å². The van der Waals surface area contributed by atoms with E-state index in [0.29, 0.717) is 25.2 Å². The van der Waals surface area contributed by atoms with E-state index in [9.17, 15) is 10.4 Å². The lowest BCUT2D eigenvalue weighted by molar-refractivity contribution is 0.0408. The van der Waals surface area contributed by atoms with Gasteiger partial charge in [0.25, 0.3) is 0 Å². The van der Waals surface area contributed by atoms with Crippen LogP contribution in [0.4, 0.5) is 0 Å². The Balaban J connectivity index is 1.79. The van der Waals surface area contributed by atoms with E-state index in [0.717, 1.165) is 17.7 Å². The maximum absolute atomic E-state index is 10.8. The zero-order valence-corrected chi connectivity index (χ0v) is 13.5. The summed E-state index contributed by atoms with van der Waals surface area (Å²) in [4.78, 5) is 2.20. The van der Waals surface area contributed by atoms with Crippen molar-refractivity contribution in [3.63, 3.8) is 0 Å². The van der Waals surface area contributed by atoms with E-state index in [2.05, 4.69) is 32.4 Å². The number of nitrogens with zero attached hydrogens (tertiary/aromatic N) is 4. The molecule has 2 heterocycles. The number of hydrogen-bond donors (Lipinski definition) is 2. The van der Waals surface area contributed by atoms with Gasteiger partial charge in [-0.15, -0.1) is 0 Å². The third-order valence-electron chi connectivity index (χ3n) is 4.58. The Morgan fingerprint density at radius 3 is 2.91 bits per heavy atom. The minimum Gasteiger partial charge on any atom is -0.382 e. The van der Waals surface area contributed by atoms with Crippen molar-refractivity contribution in [3.8, 4) is 6.07 Å². The molecule has 1 fully saturated rings. The first-order chi connectivity index (χ1) is 10.9. The van der Waals surface area contributed by atoms with Gasteiger partial charge in [0.1, 0.15) is 11.3 Å². The highest BCUT2D eigenvalue weighted by Crippen LogP contribution is 2.33. The molecule has 0 radical (unpaired) electrons. The van der Waals surface area contributed by atoms with E-state index in [-0.39, 0.29) is 0 Å². The van der Waals surface area contributed by atoms with Crippen LogP contribution >= 0.6 is 0 Å². The third-order valence-corrected chi connectivity index (χ3v) is 4.58. The number of β-amino-alcohol motifs (C(OH)–C–C–N with tert-alkyl or cyclic N) is 1. The van der Waals surface area contributed by atoms with E-state index < -0.39 is 11.0 Å². The maximum Gasteiger partial charge on any atom is 0.124 e. The quantitative estimate of drug-likeness (QED) is 0.897. The first-order valence-corrected chi connectivity index (χ1v) is 7.75. The molecule has 1 saturated heterocycles. The van der Waals surface area contributed by atoms with Crippen LogP contribution in [0.1, 0.15) is 37.1 Å². The highest BCUT2D eigenvalue weighted by atomic mass is 16.3. The Hall–Kier alpha value is -2.23. The van der Waals surface area contributed by atoms with Crippen molar-refractivity contribution in [1.29, 1.82) is 5.26 Å². The smallest absolute Gasteiger partial charge is 0.124 e. The number of aromatic amines is 1. The summed E-state index contributed by atoms with van der Waals surface area (Å²) in [5.41, 5.74) is 1.28. The van der Waals surface area contributed by atoms with Crippen molar-refractivity contribution >= 4 is 0 Å². The molecule has 6 heteroatoms. The third kappa shape index (κ3) is 2.98. The molecule has 1 aliphatic heterocycles. The van der Waals surface area contributed by atoms with Gasteiger partial charge >= 0.3 is 0 Å². The summed E-state index contributed by atoms with van der Waals surface area (Å²) >= 11 is 0. The Morgan fingerprint density at radius 2 is 2.22 bits per heavy atom. The van der Waals surface area contributed by atoms with Crippen molar-refractivity contribution in [2.75, 3.05) is 13.1 Å². The topological polar surface area (TPSA) is 88.8 Å². The molecule has 120 valence electrons. The molecule has 0 spiro atoms. The van der Waals surface area contributed by atoms with Crippen LogP contribution in [0.5, 0.6) is 0 Å². The van der Waals surface area contributed by atoms with Crippen LogP contribution < -0.4 is 0 Å². The molecule has 2 aromatic rings. The number of aromatic nitrogens is 3. The van der Waals surface area contributed by atoms with Crippen LogP contribution in [0.2, 0.25) is 0 Å². The number of benzene rings is 1. The average Bonchev–Trinajstić information content (AvgIpc) is 3.19. The van der Waals surface area contributed by atoms with Crippen LogP contribution in [-0.4, -0.2) is 38.5 Å². The molecular formula is C17H21N5O. The average molecular weight is 311 g/mol. The first-order valence-electron chi connectivity index (χ1n) is 7.75. The van der Waals surface area contributed by atoms with Gasteiger partial charge in [-0.05, 0) is 31.4 Å². The predicted molar refractivity (Wildman–Crippen MR) is 85.3 cm³/mol. The van der Waals surface area contributed by atoms with E-state index in [4.69, 9.17) is 0 Å². The second-order valence-corrected chi connectivity index (χ2v) is 6.74. The molecule has 1 aromatic heterocycles. The Bertz CT molecular complexity index is 719. The van der Waals surface area contributed by atoms with Crippen molar-refractivity contribution < 1.29 is 5.11 Å². The molecule has 3 rings (SSSR count). The minimum absolute atomic E-state index is 0.515. The van der Waals surface area contributed by atoms with E-state index >= 15 is 0 Å². The summed E-state index contributed by atoms with van der Waals surface area (Å²) in [5.74, 6) is 0. The molecule has 1 atom stereocenters. The zero-order valence-electron chi connectivity index (χ0n) is 13.5. The SMILES string of the molecule is CC(C)(C#N)c1ccccc1CN1CC[C@@](O)(c2cn[nH]n2)C1. The van der Waals surface area contributed by atoms with E-state index in [1.165, 1.54) is 0 Å². The molecule has 0 amide bonds. The summed E-state index contributed by atoms with van der Waals surface area (Å²) in [6.45, 7) is 5.87. The normalized spacial score (nSPS) is 22.2. The Kier molecular flexibility index (Phi) is 3.92.